The number of likely N-dealkylation sites (tertiary alicyclic amines) is 1. The fourth-order valence-corrected chi connectivity index (χ4v) is 3.50. The van der Waals surface area contributed by atoms with Crippen LogP contribution in [-0.2, 0) is 4.79 Å². The summed E-state index contributed by atoms with van der Waals surface area (Å²) < 4.78 is 0. The number of hydrogen-bond donors (Lipinski definition) is 1. The first-order valence-corrected chi connectivity index (χ1v) is 8.89. The predicted molar refractivity (Wildman–Crippen MR) is 90.1 cm³/mol. The summed E-state index contributed by atoms with van der Waals surface area (Å²) in [6.45, 7) is 1.79. The van der Waals surface area contributed by atoms with Gasteiger partial charge in [0.15, 0.2) is 0 Å². The number of rotatable bonds is 6. The van der Waals surface area contributed by atoms with E-state index in [0.29, 0.717) is 18.4 Å². The molecule has 1 aliphatic heterocycles. The highest BCUT2D eigenvalue weighted by atomic mass is 35.5. The zero-order valence-corrected chi connectivity index (χ0v) is 14.1. The summed E-state index contributed by atoms with van der Waals surface area (Å²) in [5.74, 6) is 1.28. The first-order valence-electron chi connectivity index (χ1n) is 7.52. The summed E-state index contributed by atoms with van der Waals surface area (Å²) in [7, 11) is 2.00. The van der Waals surface area contributed by atoms with Crippen molar-refractivity contribution >= 4 is 29.3 Å². The molecule has 1 N–H and O–H groups in total. The van der Waals surface area contributed by atoms with Gasteiger partial charge >= 0.3 is 0 Å². The number of benzene rings is 1. The summed E-state index contributed by atoms with van der Waals surface area (Å²) in [6.07, 6.45) is 3.73. The van der Waals surface area contributed by atoms with Gasteiger partial charge in [-0.2, -0.15) is 0 Å². The Labute approximate surface area is 136 Å². The van der Waals surface area contributed by atoms with E-state index in [-0.39, 0.29) is 0 Å². The fraction of sp³-hybridized carbons (Fsp3) is 0.562. The number of thioether (sulfide) groups is 1. The highest BCUT2D eigenvalue weighted by molar-refractivity contribution is 7.99. The Morgan fingerprint density at radius 2 is 2.00 bits per heavy atom. The molecule has 1 aromatic rings. The van der Waals surface area contributed by atoms with E-state index in [4.69, 9.17) is 11.6 Å². The molecule has 1 heterocycles. The minimum Gasteiger partial charge on any atom is -0.343 e. The van der Waals surface area contributed by atoms with Gasteiger partial charge in [-0.15, -0.1) is 11.8 Å². The standard InChI is InChI=1S/C16H23ClN2OS/c1-18-14-8-10-19(11-9-14)16(20)3-2-12-21-15-6-4-13(17)5-7-15/h4-7,14,18H,2-3,8-12H2,1H3. The maximum Gasteiger partial charge on any atom is 0.222 e. The summed E-state index contributed by atoms with van der Waals surface area (Å²) in [4.78, 5) is 15.4. The molecular formula is C16H23ClN2OS. The summed E-state index contributed by atoms with van der Waals surface area (Å²) in [6, 6.07) is 8.44. The second-order valence-corrected chi connectivity index (χ2v) is 6.95. The molecule has 5 heteroatoms. The maximum atomic E-state index is 12.1. The molecule has 0 saturated carbocycles. The molecule has 21 heavy (non-hydrogen) atoms. The van der Waals surface area contributed by atoms with Gasteiger partial charge in [-0.05, 0) is 56.3 Å². The van der Waals surface area contributed by atoms with E-state index in [2.05, 4.69) is 5.32 Å². The molecule has 3 nitrogen and oxygen atoms in total. The molecule has 0 bridgehead atoms. The molecule has 0 unspecified atom stereocenters. The van der Waals surface area contributed by atoms with Crippen LogP contribution in [0.1, 0.15) is 25.7 Å². The summed E-state index contributed by atoms with van der Waals surface area (Å²) >= 11 is 7.64. The van der Waals surface area contributed by atoms with Gasteiger partial charge in [-0.3, -0.25) is 4.79 Å². The van der Waals surface area contributed by atoms with Gasteiger partial charge in [0.2, 0.25) is 5.91 Å². The summed E-state index contributed by atoms with van der Waals surface area (Å²) in [5.41, 5.74) is 0. The number of hydrogen-bond acceptors (Lipinski definition) is 3. The molecule has 116 valence electrons. The predicted octanol–water partition coefficient (Wildman–Crippen LogP) is 3.42. The lowest BCUT2D eigenvalue weighted by molar-refractivity contribution is -0.132. The van der Waals surface area contributed by atoms with Crippen LogP contribution in [0.25, 0.3) is 0 Å². The number of carbonyl (C=O) groups excluding carboxylic acids is 1. The first kappa shape index (κ1) is 16.7. The van der Waals surface area contributed by atoms with Gasteiger partial charge in [0.25, 0.3) is 0 Å². The van der Waals surface area contributed by atoms with E-state index >= 15 is 0 Å². The van der Waals surface area contributed by atoms with Crippen molar-refractivity contribution in [3.05, 3.63) is 29.3 Å². The third kappa shape index (κ3) is 5.53. The van der Waals surface area contributed by atoms with Crippen molar-refractivity contribution in [2.75, 3.05) is 25.9 Å². The lowest BCUT2D eigenvalue weighted by Gasteiger charge is -2.31. The van der Waals surface area contributed by atoms with Gasteiger partial charge < -0.3 is 10.2 Å². The van der Waals surface area contributed by atoms with Gasteiger partial charge in [0.1, 0.15) is 0 Å². The van der Waals surface area contributed by atoms with Crippen LogP contribution in [-0.4, -0.2) is 42.7 Å². The van der Waals surface area contributed by atoms with E-state index < -0.39 is 0 Å². The van der Waals surface area contributed by atoms with Gasteiger partial charge in [0, 0.05) is 35.5 Å². The van der Waals surface area contributed by atoms with Crippen molar-refractivity contribution < 1.29 is 4.79 Å². The third-order valence-electron chi connectivity index (χ3n) is 3.87. The topological polar surface area (TPSA) is 32.3 Å². The smallest absolute Gasteiger partial charge is 0.222 e. The second kappa shape index (κ2) is 8.66. The molecule has 0 aromatic heterocycles. The average molecular weight is 327 g/mol. The number of halogens is 1. The van der Waals surface area contributed by atoms with Crippen molar-refractivity contribution in [3.8, 4) is 0 Å². The van der Waals surface area contributed by atoms with Gasteiger partial charge in [0.05, 0.1) is 0 Å². The first-order chi connectivity index (χ1) is 10.2. The molecular weight excluding hydrogens is 304 g/mol. The molecule has 0 spiro atoms. The molecule has 1 fully saturated rings. The average Bonchev–Trinajstić information content (AvgIpc) is 2.53. The zero-order chi connectivity index (χ0) is 15.1. The van der Waals surface area contributed by atoms with E-state index in [1.165, 1.54) is 4.90 Å². The van der Waals surface area contributed by atoms with E-state index in [9.17, 15) is 4.79 Å². The minimum atomic E-state index is 0.307. The van der Waals surface area contributed by atoms with Crippen molar-refractivity contribution in [1.29, 1.82) is 0 Å². The van der Waals surface area contributed by atoms with Gasteiger partial charge in [-0.1, -0.05) is 11.6 Å². The van der Waals surface area contributed by atoms with Crippen LogP contribution in [0.2, 0.25) is 5.02 Å². The number of amides is 1. The highest BCUT2D eigenvalue weighted by Crippen LogP contribution is 2.21. The van der Waals surface area contributed by atoms with E-state index in [0.717, 1.165) is 43.1 Å². The van der Waals surface area contributed by atoms with Crippen LogP contribution in [0.3, 0.4) is 0 Å². The Balaban J connectivity index is 1.62. The Kier molecular flexibility index (Phi) is 6.87. The lowest BCUT2D eigenvalue weighted by Crippen LogP contribution is -2.43. The number of nitrogens with zero attached hydrogens (tertiary/aromatic N) is 1. The highest BCUT2D eigenvalue weighted by Gasteiger charge is 2.21. The van der Waals surface area contributed by atoms with Crippen LogP contribution in [0, 0.1) is 0 Å². The number of piperidine rings is 1. The molecule has 0 radical (unpaired) electrons. The SMILES string of the molecule is CNC1CCN(C(=O)CCCSc2ccc(Cl)cc2)CC1. The Bertz CT molecular complexity index is 444. The normalized spacial score (nSPS) is 16.2. The van der Waals surface area contributed by atoms with Crippen LogP contribution in [0.4, 0.5) is 0 Å². The molecule has 1 saturated heterocycles. The van der Waals surface area contributed by atoms with E-state index in [1.807, 2.05) is 36.2 Å². The van der Waals surface area contributed by atoms with Crippen molar-refractivity contribution in [3.63, 3.8) is 0 Å². The fourth-order valence-electron chi connectivity index (χ4n) is 2.52. The monoisotopic (exact) mass is 326 g/mol. The molecule has 1 amide bonds. The van der Waals surface area contributed by atoms with Crippen LogP contribution in [0.15, 0.2) is 29.2 Å². The summed E-state index contributed by atoms with van der Waals surface area (Å²) in [5, 5.41) is 4.05. The Morgan fingerprint density at radius 1 is 1.33 bits per heavy atom. The molecule has 2 rings (SSSR count). The van der Waals surface area contributed by atoms with Crippen molar-refractivity contribution in [2.24, 2.45) is 0 Å². The number of carbonyl (C=O) groups is 1. The Hall–Kier alpha value is -0.710. The Morgan fingerprint density at radius 3 is 2.62 bits per heavy atom. The minimum absolute atomic E-state index is 0.307. The van der Waals surface area contributed by atoms with Crippen molar-refractivity contribution in [2.45, 2.75) is 36.6 Å². The molecule has 1 aliphatic rings. The van der Waals surface area contributed by atoms with Crippen molar-refractivity contribution in [1.82, 2.24) is 10.2 Å². The zero-order valence-electron chi connectivity index (χ0n) is 12.5. The van der Waals surface area contributed by atoms with Crippen LogP contribution >= 0.6 is 23.4 Å². The largest absolute Gasteiger partial charge is 0.343 e. The van der Waals surface area contributed by atoms with Crippen LogP contribution < -0.4 is 5.32 Å². The quantitative estimate of drug-likeness (QED) is 0.642. The second-order valence-electron chi connectivity index (χ2n) is 5.35. The molecule has 0 atom stereocenters. The molecule has 1 aromatic carbocycles. The lowest BCUT2D eigenvalue weighted by atomic mass is 10.0. The maximum absolute atomic E-state index is 12.1. The molecule has 0 aliphatic carbocycles. The van der Waals surface area contributed by atoms with Crippen LogP contribution in [0.5, 0.6) is 0 Å². The number of nitrogens with one attached hydrogen (secondary N) is 1. The van der Waals surface area contributed by atoms with E-state index in [1.54, 1.807) is 11.8 Å². The third-order valence-corrected chi connectivity index (χ3v) is 5.22. The van der Waals surface area contributed by atoms with Gasteiger partial charge in [-0.25, -0.2) is 0 Å².